The summed E-state index contributed by atoms with van der Waals surface area (Å²) in [6.45, 7) is 0. The monoisotopic (exact) mass is 338 g/mol. The van der Waals surface area contributed by atoms with Gasteiger partial charge in [0.1, 0.15) is 0 Å². The lowest BCUT2D eigenvalue weighted by Gasteiger charge is -2.16. The molecule has 0 saturated carbocycles. The number of aryl methyl sites for hydroxylation is 2. The summed E-state index contributed by atoms with van der Waals surface area (Å²) in [5.74, 6) is 2.51. The van der Waals surface area contributed by atoms with Gasteiger partial charge in [0.05, 0.1) is 30.1 Å². The van der Waals surface area contributed by atoms with Crippen LogP contribution in [0.25, 0.3) is 0 Å². The van der Waals surface area contributed by atoms with Gasteiger partial charge in [0.2, 0.25) is 0 Å². The van der Waals surface area contributed by atoms with Gasteiger partial charge in [-0.3, -0.25) is 4.72 Å². The fourth-order valence-electron chi connectivity index (χ4n) is 3.62. The van der Waals surface area contributed by atoms with Gasteiger partial charge >= 0.3 is 6.03 Å². The third-order valence-electron chi connectivity index (χ3n) is 4.67. The Balaban J connectivity index is 1.49. The number of carbonyl (C=O) groups excluding carboxylic acids is 1. The fourth-order valence-corrected chi connectivity index (χ4v) is 4.11. The molecule has 0 atom stereocenters. The van der Waals surface area contributed by atoms with Crippen LogP contribution in [0.1, 0.15) is 40.7 Å². The minimum atomic E-state index is -0.229. The third kappa shape index (κ3) is 2.76. The number of anilines is 1. The van der Waals surface area contributed by atoms with Gasteiger partial charge in [0, 0.05) is 5.69 Å². The molecule has 5 nitrogen and oxygen atoms in total. The van der Waals surface area contributed by atoms with Crippen molar-refractivity contribution >= 4 is 23.9 Å². The summed E-state index contributed by atoms with van der Waals surface area (Å²) in [6.07, 6.45) is 15.3. The van der Waals surface area contributed by atoms with Crippen LogP contribution in [0.5, 0.6) is 0 Å². The smallest absolute Gasteiger partial charge is 0.307 e. The van der Waals surface area contributed by atoms with Crippen LogP contribution in [0.4, 0.5) is 10.5 Å². The van der Waals surface area contributed by atoms with E-state index in [9.17, 15) is 4.79 Å². The molecule has 2 aliphatic carbocycles. The zero-order valence-corrected chi connectivity index (χ0v) is 14.1. The molecule has 0 aliphatic heterocycles. The summed E-state index contributed by atoms with van der Waals surface area (Å²) in [7, 11) is 0. The minimum absolute atomic E-state index is 0.229. The average Bonchev–Trinajstić information content (AvgIpc) is 3.32. The number of fused-ring (bicyclic) bond motifs is 2. The molecule has 6 heteroatoms. The Labute approximate surface area is 145 Å². The number of amides is 2. The standard InChI is InChI=1S/C18H18N4OS/c1-2-12-10-19-22(11-12)24-21-18(23)20-17-15-7-3-5-13(15)9-14-6-4-8-16(14)17/h1,9-11H,3-8H2,(H2,20,21,23). The van der Waals surface area contributed by atoms with Crippen LogP contribution < -0.4 is 10.0 Å². The summed E-state index contributed by atoms with van der Waals surface area (Å²) >= 11 is 1.10. The number of hydrogen-bond donors (Lipinski definition) is 2. The largest absolute Gasteiger partial charge is 0.330 e. The van der Waals surface area contributed by atoms with Gasteiger partial charge in [-0.15, -0.1) is 6.42 Å². The molecule has 4 rings (SSSR count). The lowest BCUT2D eigenvalue weighted by atomic mass is 9.99. The summed E-state index contributed by atoms with van der Waals surface area (Å²) in [4.78, 5) is 12.3. The maximum absolute atomic E-state index is 12.3. The minimum Gasteiger partial charge on any atom is -0.307 e. The van der Waals surface area contributed by atoms with Crippen molar-refractivity contribution in [1.82, 2.24) is 13.9 Å². The Morgan fingerprint density at radius 1 is 1.21 bits per heavy atom. The Kier molecular flexibility index (Phi) is 3.95. The fraction of sp³-hybridized carbons (Fsp3) is 0.333. The first-order valence-electron chi connectivity index (χ1n) is 8.16. The van der Waals surface area contributed by atoms with Crippen LogP contribution in [0.3, 0.4) is 0 Å². The molecule has 0 unspecified atom stereocenters. The number of hydrogen-bond acceptors (Lipinski definition) is 3. The first-order chi connectivity index (χ1) is 11.7. The molecule has 1 aromatic carbocycles. The number of benzene rings is 1. The predicted octanol–water partition coefficient (Wildman–Crippen LogP) is 3.07. The second-order valence-electron chi connectivity index (χ2n) is 6.16. The van der Waals surface area contributed by atoms with E-state index >= 15 is 0 Å². The molecular weight excluding hydrogens is 320 g/mol. The van der Waals surface area contributed by atoms with Crippen LogP contribution in [-0.2, 0) is 25.7 Å². The molecule has 0 fully saturated rings. The van der Waals surface area contributed by atoms with Gasteiger partial charge in [0.25, 0.3) is 0 Å². The molecule has 1 aromatic heterocycles. The number of urea groups is 1. The van der Waals surface area contributed by atoms with E-state index in [-0.39, 0.29) is 6.03 Å². The average molecular weight is 338 g/mol. The van der Waals surface area contributed by atoms with E-state index in [1.165, 1.54) is 39.2 Å². The SMILES string of the molecule is C#Cc1cnn(SNC(=O)Nc2c3c(cc4c2CCC4)CCC3)c1. The number of carbonyl (C=O) groups is 1. The zero-order valence-electron chi connectivity index (χ0n) is 13.3. The molecule has 0 radical (unpaired) electrons. The molecule has 0 spiro atoms. The van der Waals surface area contributed by atoms with E-state index in [0.29, 0.717) is 5.56 Å². The highest BCUT2D eigenvalue weighted by atomic mass is 32.2. The third-order valence-corrected chi connectivity index (χ3v) is 5.33. The van der Waals surface area contributed by atoms with Gasteiger partial charge in [-0.05, 0) is 60.8 Å². The molecule has 1 heterocycles. The molecule has 0 saturated heterocycles. The second kappa shape index (κ2) is 6.25. The quantitative estimate of drug-likeness (QED) is 0.668. The highest BCUT2D eigenvalue weighted by Gasteiger charge is 2.24. The van der Waals surface area contributed by atoms with Crippen molar-refractivity contribution in [2.24, 2.45) is 0 Å². The van der Waals surface area contributed by atoms with Gasteiger partial charge in [0.15, 0.2) is 0 Å². The number of nitrogens with zero attached hydrogens (tertiary/aromatic N) is 2. The molecule has 2 aliphatic rings. The molecule has 0 bridgehead atoms. The topological polar surface area (TPSA) is 59.0 Å². The lowest BCUT2D eigenvalue weighted by molar-refractivity contribution is 0.257. The summed E-state index contributed by atoms with van der Waals surface area (Å²) in [5, 5.41) is 7.16. The first-order valence-corrected chi connectivity index (χ1v) is 8.94. The van der Waals surface area contributed by atoms with Gasteiger partial charge in [-0.25, -0.2) is 4.79 Å². The number of rotatable bonds is 3. The van der Waals surface area contributed by atoms with E-state index in [4.69, 9.17) is 6.42 Å². The summed E-state index contributed by atoms with van der Waals surface area (Å²) in [6, 6.07) is 2.13. The highest BCUT2D eigenvalue weighted by Crippen LogP contribution is 2.38. The van der Waals surface area contributed by atoms with E-state index in [1.54, 1.807) is 12.4 Å². The van der Waals surface area contributed by atoms with Crippen molar-refractivity contribution in [3.63, 3.8) is 0 Å². The molecule has 24 heavy (non-hydrogen) atoms. The van der Waals surface area contributed by atoms with E-state index in [0.717, 1.165) is 43.5 Å². The van der Waals surface area contributed by atoms with Crippen molar-refractivity contribution in [2.45, 2.75) is 38.5 Å². The van der Waals surface area contributed by atoms with Crippen molar-refractivity contribution in [2.75, 3.05) is 5.32 Å². The number of terminal acetylenes is 1. The van der Waals surface area contributed by atoms with E-state index in [1.807, 2.05) is 0 Å². The van der Waals surface area contributed by atoms with Crippen LogP contribution in [0, 0.1) is 12.3 Å². The van der Waals surface area contributed by atoms with E-state index in [2.05, 4.69) is 27.1 Å². The summed E-state index contributed by atoms with van der Waals surface area (Å²) < 4.78 is 4.30. The molecule has 122 valence electrons. The van der Waals surface area contributed by atoms with Crippen molar-refractivity contribution in [3.05, 3.63) is 46.3 Å². The molecule has 2 N–H and O–H groups in total. The summed E-state index contributed by atoms with van der Waals surface area (Å²) in [5.41, 5.74) is 7.19. The molecule has 2 aromatic rings. The second-order valence-corrected chi connectivity index (χ2v) is 6.92. The van der Waals surface area contributed by atoms with Gasteiger partial charge < -0.3 is 5.32 Å². The Morgan fingerprint density at radius 2 is 1.92 bits per heavy atom. The van der Waals surface area contributed by atoms with Gasteiger partial charge in [-0.2, -0.15) is 9.19 Å². The predicted molar refractivity (Wildman–Crippen MR) is 95.8 cm³/mol. The van der Waals surface area contributed by atoms with Gasteiger partial charge in [-0.1, -0.05) is 12.0 Å². The van der Waals surface area contributed by atoms with E-state index < -0.39 is 0 Å². The van der Waals surface area contributed by atoms with Crippen LogP contribution >= 0.6 is 12.1 Å². The van der Waals surface area contributed by atoms with Crippen LogP contribution in [0.2, 0.25) is 0 Å². The lowest BCUT2D eigenvalue weighted by Crippen LogP contribution is -2.25. The highest BCUT2D eigenvalue weighted by molar-refractivity contribution is 7.96. The molecule has 2 amide bonds. The maximum Gasteiger partial charge on any atom is 0.330 e. The van der Waals surface area contributed by atoms with Crippen LogP contribution in [-0.4, -0.2) is 15.2 Å². The van der Waals surface area contributed by atoms with Crippen LogP contribution in [0.15, 0.2) is 18.5 Å². The maximum atomic E-state index is 12.3. The van der Waals surface area contributed by atoms with Crippen molar-refractivity contribution in [3.8, 4) is 12.3 Å². The van der Waals surface area contributed by atoms with Crippen molar-refractivity contribution in [1.29, 1.82) is 0 Å². The Hall–Kier alpha value is -2.39. The van der Waals surface area contributed by atoms with Crippen molar-refractivity contribution < 1.29 is 4.79 Å². The Bertz CT molecular complexity index is 817. The first kappa shape index (κ1) is 15.2. The zero-order chi connectivity index (χ0) is 16.5. The number of nitrogens with one attached hydrogen (secondary N) is 2. The number of aromatic nitrogens is 2. The molecular formula is C18H18N4OS. The Morgan fingerprint density at radius 3 is 2.54 bits per heavy atom. The normalized spacial score (nSPS) is 14.8.